The molecule has 1 atom stereocenters. The van der Waals surface area contributed by atoms with E-state index < -0.39 is 11.0 Å². The van der Waals surface area contributed by atoms with Crippen LogP contribution in [0.25, 0.3) is 22.3 Å². The van der Waals surface area contributed by atoms with Gasteiger partial charge < -0.3 is 4.72 Å². The van der Waals surface area contributed by atoms with E-state index in [0.29, 0.717) is 16.0 Å². The first-order valence-corrected chi connectivity index (χ1v) is 11.0. The van der Waals surface area contributed by atoms with Gasteiger partial charge in [0.05, 0.1) is 27.2 Å². The molecule has 0 aliphatic rings. The van der Waals surface area contributed by atoms with Crippen molar-refractivity contribution in [3.05, 3.63) is 120 Å². The lowest BCUT2D eigenvalue weighted by molar-refractivity contribution is 0.686. The molecule has 0 amide bonds. The van der Waals surface area contributed by atoms with Gasteiger partial charge in [-0.25, -0.2) is 13.6 Å². The minimum atomic E-state index is -1.42. The summed E-state index contributed by atoms with van der Waals surface area (Å²) >= 11 is 0. The smallest absolute Gasteiger partial charge is 0.279 e. The molecule has 5 aromatic rings. The standard InChI is InChI=1S/C25H19N3O2S/c29-25-23-18-19(26-31(30)22-14-8-3-9-15-22)16-17-24(23)27(20-10-4-1-5-11-20)28(25)21-12-6-2-7-13-21/h1-18,26H. The zero-order chi connectivity index (χ0) is 21.2. The second-order valence-electron chi connectivity index (χ2n) is 7.02. The van der Waals surface area contributed by atoms with Crippen LogP contribution in [0.4, 0.5) is 5.69 Å². The molecule has 0 radical (unpaired) electrons. The van der Waals surface area contributed by atoms with E-state index in [9.17, 15) is 9.00 Å². The van der Waals surface area contributed by atoms with Gasteiger partial charge >= 0.3 is 0 Å². The van der Waals surface area contributed by atoms with Crippen LogP contribution >= 0.6 is 0 Å². The highest BCUT2D eigenvalue weighted by Crippen LogP contribution is 2.24. The highest BCUT2D eigenvalue weighted by Gasteiger charge is 2.17. The van der Waals surface area contributed by atoms with Gasteiger partial charge in [0.2, 0.25) is 0 Å². The molecule has 0 aliphatic carbocycles. The van der Waals surface area contributed by atoms with Crippen molar-refractivity contribution in [2.75, 3.05) is 4.72 Å². The van der Waals surface area contributed by atoms with Gasteiger partial charge in [-0.05, 0) is 54.6 Å². The first-order chi connectivity index (χ1) is 15.2. The Kier molecular flexibility index (Phi) is 4.98. The molecule has 6 heteroatoms. The predicted molar refractivity (Wildman–Crippen MR) is 125 cm³/mol. The van der Waals surface area contributed by atoms with E-state index in [2.05, 4.69) is 4.72 Å². The zero-order valence-electron chi connectivity index (χ0n) is 16.5. The lowest BCUT2D eigenvalue weighted by atomic mass is 10.2. The highest BCUT2D eigenvalue weighted by molar-refractivity contribution is 7.86. The Bertz CT molecular complexity index is 1430. The maximum Gasteiger partial charge on any atom is 0.279 e. The number of fused-ring (bicyclic) bond motifs is 1. The molecule has 0 saturated heterocycles. The number of rotatable bonds is 5. The largest absolute Gasteiger partial charge is 0.301 e. The quantitative estimate of drug-likeness (QED) is 0.435. The van der Waals surface area contributed by atoms with Gasteiger partial charge in [0, 0.05) is 5.69 Å². The van der Waals surface area contributed by atoms with E-state index in [4.69, 9.17) is 0 Å². The second kappa shape index (κ2) is 8.08. The average Bonchev–Trinajstić information content (AvgIpc) is 3.12. The Balaban J connectivity index is 1.67. The third-order valence-corrected chi connectivity index (χ3v) is 6.14. The fraction of sp³-hybridized carbons (Fsp3) is 0. The zero-order valence-corrected chi connectivity index (χ0v) is 17.3. The monoisotopic (exact) mass is 425 g/mol. The third kappa shape index (κ3) is 3.58. The molecule has 0 fully saturated rings. The average molecular weight is 426 g/mol. The summed E-state index contributed by atoms with van der Waals surface area (Å²) in [6.45, 7) is 0. The molecule has 5 nitrogen and oxygen atoms in total. The summed E-state index contributed by atoms with van der Waals surface area (Å²) in [4.78, 5) is 14.1. The van der Waals surface area contributed by atoms with Gasteiger partial charge in [-0.1, -0.05) is 54.6 Å². The van der Waals surface area contributed by atoms with Crippen molar-refractivity contribution in [2.24, 2.45) is 0 Å². The summed E-state index contributed by atoms with van der Waals surface area (Å²) in [5.41, 5.74) is 2.91. The van der Waals surface area contributed by atoms with Crippen molar-refractivity contribution in [3.63, 3.8) is 0 Å². The topological polar surface area (TPSA) is 56.0 Å². The molecule has 0 bridgehead atoms. The fourth-order valence-corrected chi connectivity index (χ4v) is 4.47. The molecule has 1 heterocycles. The Hall–Kier alpha value is -3.90. The maximum absolute atomic E-state index is 13.5. The fourth-order valence-electron chi connectivity index (χ4n) is 3.60. The molecule has 5 rings (SSSR count). The normalized spacial score (nSPS) is 12.0. The van der Waals surface area contributed by atoms with Gasteiger partial charge in [-0.15, -0.1) is 0 Å². The molecular formula is C25H19N3O2S. The van der Waals surface area contributed by atoms with Crippen LogP contribution in [0.15, 0.2) is 119 Å². The minimum absolute atomic E-state index is 0.140. The number of anilines is 1. The summed E-state index contributed by atoms with van der Waals surface area (Å²) in [6, 6.07) is 34.0. The van der Waals surface area contributed by atoms with Crippen LogP contribution in [0.5, 0.6) is 0 Å². The van der Waals surface area contributed by atoms with Crippen LogP contribution < -0.4 is 10.3 Å². The van der Waals surface area contributed by atoms with Crippen LogP contribution in [-0.2, 0) is 11.0 Å². The molecule has 152 valence electrons. The summed E-state index contributed by atoms with van der Waals surface area (Å²) in [7, 11) is -1.42. The van der Waals surface area contributed by atoms with Crippen molar-refractivity contribution >= 4 is 27.6 Å². The van der Waals surface area contributed by atoms with Crippen LogP contribution in [0.3, 0.4) is 0 Å². The molecule has 31 heavy (non-hydrogen) atoms. The number of nitrogens with zero attached hydrogens (tertiary/aromatic N) is 2. The van der Waals surface area contributed by atoms with Gasteiger partial charge in [-0.3, -0.25) is 4.79 Å². The number of benzene rings is 4. The minimum Gasteiger partial charge on any atom is -0.301 e. The van der Waals surface area contributed by atoms with E-state index in [1.807, 2.05) is 95.7 Å². The van der Waals surface area contributed by atoms with Crippen LogP contribution in [0, 0.1) is 0 Å². The van der Waals surface area contributed by atoms with Crippen molar-refractivity contribution < 1.29 is 4.21 Å². The van der Waals surface area contributed by atoms with E-state index in [1.165, 1.54) is 0 Å². The van der Waals surface area contributed by atoms with E-state index in [1.54, 1.807) is 22.9 Å². The molecule has 0 saturated carbocycles. The molecule has 4 aromatic carbocycles. The second-order valence-corrected chi connectivity index (χ2v) is 8.23. The van der Waals surface area contributed by atoms with Gasteiger partial charge in [0.25, 0.3) is 5.56 Å². The van der Waals surface area contributed by atoms with Crippen molar-refractivity contribution in [2.45, 2.75) is 4.90 Å². The van der Waals surface area contributed by atoms with Gasteiger partial charge in [0.15, 0.2) is 0 Å². The number of hydrogen-bond acceptors (Lipinski definition) is 2. The molecule has 0 aliphatic heterocycles. The van der Waals surface area contributed by atoms with E-state index >= 15 is 0 Å². The summed E-state index contributed by atoms with van der Waals surface area (Å²) in [5, 5.41) is 0.544. The first kappa shape index (κ1) is 19.1. The number of nitrogens with one attached hydrogen (secondary N) is 1. The third-order valence-electron chi connectivity index (χ3n) is 5.02. The van der Waals surface area contributed by atoms with Crippen LogP contribution in [-0.4, -0.2) is 13.6 Å². The molecule has 0 spiro atoms. The van der Waals surface area contributed by atoms with Crippen molar-refractivity contribution in [3.8, 4) is 11.4 Å². The summed E-state index contributed by atoms with van der Waals surface area (Å²) in [5.74, 6) is 0. The van der Waals surface area contributed by atoms with Gasteiger partial charge in [0.1, 0.15) is 11.0 Å². The Morgan fingerprint density at radius 1 is 0.645 bits per heavy atom. The number of hydrogen-bond donors (Lipinski definition) is 1. The number of aromatic nitrogens is 2. The molecule has 1 N–H and O–H groups in total. The Morgan fingerprint density at radius 2 is 1.19 bits per heavy atom. The lowest BCUT2D eigenvalue weighted by Crippen LogP contribution is -2.20. The van der Waals surface area contributed by atoms with Crippen molar-refractivity contribution in [1.82, 2.24) is 9.36 Å². The lowest BCUT2D eigenvalue weighted by Gasteiger charge is -2.13. The van der Waals surface area contributed by atoms with Gasteiger partial charge in [-0.2, -0.15) is 0 Å². The predicted octanol–water partition coefficient (Wildman–Crippen LogP) is 4.92. The molecule has 1 unspecified atom stereocenters. The molecular weight excluding hydrogens is 406 g/mol. The summed E-state index contributed by atoms with van der Waals surface area (Å²) < 4.78 is 19.2. The Morgan fingerprint density at radius 3 is 1.81 bits per heavy atom. The summed E-state index contributed by atoms with van der Waals surface area (Å²) in [6.07, 6.45) is 0. The first-order valence-electron chi connectivity index (χ1n) is 9.84. The van der Waals surface area contributed by atoms with E-state index in [0.717, 1.165) is 16.9 Å². The van der Waals surface area contributed by atoms with Crippen molar-refractivity contribution in [1.29, 1.82) is 0 Å². The molecule has 1 aromatic heterocycles. The van der Waals surface area contributed by atoms with Crippen LogP contribution in [0.1, 0.15) is 0 Å². The van der Waals surface area contributed by atoms with E-state index in [-0.39, 0.29) is 5.56 Å². The van der Waals surface area contributed by atoms with Crippen LogP contribution in [0.2, 0.25) is 0 Å². The maximum atomic E-state index is 13.5. The Labute approximate surface area is 181 Å². The highest BCUT2D eigenvalue weighted by atomic mass is 32.2. The number of para-hydroxylation sites is 2. The SMILES string of the molecule is O=c1c2cc(NS(=O)c3ccccc3)ccc2n(-c2ccccc2)n1-c1ccccc1.